The fourth-order valence-corrected chi connectivity index (χ4v) is 0.582. The third-order valence-corrected chi connectivity index (χ3v) is 1.42. The number of hydrogen-bond donors (Lipinski definition) is 2. The Bertz CT molecular complexity index is 83.7. The molecule has 2 heteroatoms. The maximum atomic E-state index is 5.72. The number of rotatable bonds is 3. The quantitative estimate of drug-likeness (QED) is 0.622. The average Bonchev–Trinajstić information content (AvgIpc) is 1.81. The van der Waals surface area contributed by atoms with Gasteiger partial charge in [0.05, 0.1) is 0 Å². The van der Waals surface area contributed by atoms with Crippen LogP contribution in [0.1, 0.15) is 34.1 Å². The SMILES string of the molecule is CCC(N)CNC(C)(C)C. The lowest BCUT2D eigenvalue weighted by Crippen LogP contribution is -2.43. The summed E-state index contributed by atoms with van der Waals surface area (Å²) in [5, 5.41) is 3.35. The lowest BCUT2D eigenvalue weighted by molar-refractivity contribution is 0.402. The Morgan fingerprint density at radius 3 is 2.20 bits per heavy atom. The second kappa shape index (κ2) is 3.94. The van der Waals surface area contributed by atoms with E-state index in [4.69, 9.17) is 5.73 Å². The van der Waals surface area contributed by atoms with E-state index in [0.717, 1.165) is 13.0 Å². The molecule has 0 saturated carbocycles. The smallest absolute Gasteiger partial charge is 0.0162 e. The largest absolute Gasteiger partial charge is 0.327 e. The van der Waals surface area contributed by atoms with Crippen LogP contribution in [0.3, 0.4) is 0 Å². The summed E-state index contributed by atoms with van der Waals surface area (Å²) in [6.45, 7) is 9.47. The van der Waals surface area contributed by atoms with E-state index < -0.39 is 0 Å². The third-order valence-electron chi connectivity index (χ3n) is 1.42. The van der Waals surface area contributed by atoms with Gasteiger partial charge in [-0.3, -0.25) is 0 Å². The summed E-state index contributed by atoms with van der Waals surface area (Å²) in [6, 6.07) is 0.305. The van der Waals surface area contributed by atoms with Crippen molar-refractivity contribution >= 4 is 0 Å². The van der Waals surface area contributed by atoms with Gasteiger partial charge in [0.25, 0.3) is 0 Å². The van der Waals surface area contributed by atoms with Gasteiger partial charge in [-0.15, -0.1) is 0 Å². The van der Waals surface area contributed by atoms with Crippen LogP contribution in [0.4, 0.5) is 0 Å². The lowest BCUT2D eigenvalue weighted by Gasteiger charge is -2.22. The average molecular weight is 144 g/mol. The lowest BCUT2D eigenvalue weighted by atomic mass is 10.1. The van der Waals surface area contributed by atoms with Crippen molar-refractivity contribution in [2.45, 2.75) is 45.7 Å². The van der Waals surface area contributed by atoms with Crippen LogP contribution >= 0.6 is 0 Å². The first kappa shape index (κ1) is 9.92. The Kier molecular flexibility index (Phi) is 3.91. The van der Waals surface area contributed by atoms with Gasteiger partial charge < -0.3 is 11.1 Å². The van der Waals surface area contributed by atoms with Crippen molar-refractivity contribution in [2.75, 3.05) is 6.54 Å². The van der Waals surface area contributed by atoms with Crippen LogP contribution in [0.25, 0.3) is 0 Å². The summed E-state index contributed by atoms with van der Waals surface area (Å²) in [7, 11) is 0. The van der Waals surface area contributed by atoms with Crippen LogP contribution in [-0.2, 0) is 0 Å². The van der Waals surface area contributed by atoms with Crippen LogP contribution in [-0.4, -0.2) is 18.1 Å². The molecule has 0 heterocycles. The maximum absolute atomic E-state index is 5.72. The van der Waals surface area contributed by atoms with Crippen molar-refractivity contribution in [1.29, 1.82) is 0 Å². The molecule has 1 unspecified atom stereocenters. The molecule has 0 aliphatic rings. The topological polar surface area (TPSA) is 38.0 Å². The van der Waals surface area contributed by atoms with Crippen LogP contribution in [0.15, 0.2) is 0 Å². The number of nitrogens with one attached hydrogen (secondary N) is 1. The standard InChI is InChI=1S/C8H20N2/c1-5-7(9)6-10-8(2,3)4/h7,10H,5-6,9H2,1-4H3. The Balaban J connectivity index is 3.36. The minimum absolute atomic E-state index is 0.201. The molecule has 2 nitrogen and oxygen atoms in total. The molecule has 3 N–H and O–H groups in total. The molecule has 0 spiro atoms. The van der Waals surface area contributed by atoms with Gasteiger partial charge in [0.2, 0.25) is 0 Å². The van der Waals surface area contributed by atoms with E-state index >= 15 is 0 Å². The summed E-state index contributed by atoms with van der Waals surface area (Å²) in [4.78, 5) is 0. The Hall–Kier alpha value is -0.0800. The van der Waals surface area contributed by atoms with Gasteiger partial charge in [-0.25, -0.2) is 0 Å². The van der Waals surface area contributed by atoms with E-state index in [2.05, 4.69) is 33.0 Å². The Labute approximate surface area is 64.2 Å². The molecule has 0 aromatic heterocycles. The summed E-state index contributed by atoms with van der Waals surface area (Å²) in [5.41, 5.74) is 5.92. The molecule has 0 radical (unpaired) electrons. The van der Waals surface area contributed by atoms with Gasteiger partial charge in [0.15, 0.2) is 0 Å². The van der Waals surface area contributed by atoms with E-state index in [9.17, 15) is 0 Å². The second-order valence-electron chi connectivity index (χ2n) is 3.80. The van der Waals surface area contributed by atoms with Crippen LogP contribution in [0.5, 0.6) is 0 Å². The van der Waals surface area contributed by atoms with Crippen molar-refractivity contribution < 1.29 is 0 Å². The minimum Gasteiger partial charge on any atom is -0.327 e. The van der Waals surface area contributed by atoms with E-state index in [1.807, 2.05) is 0 Å². The summed E-state index contributed by atoms with van der Waals surface area (Å²) in [5.74, 6) is 0. The fraction of sp³-hybridized carbons (Fsp3) is 1.00. The molecule has 1 atom stereocenters. The molecule has 0 amide bonds. The zero-order chi connectivity index (χ0) is 8.20. The van der Waals surface area contributed by atoms with Crippen LogP contribution in [0, 0.1) is 0 Å². The molecule has 0 aromatic carbocycles. The van der Waals surface area contributed by atoms with Crippen molar-refractivity contribution in [3.8, 4) is 0 Å². The number of nitrogens with two attached hydrogens (primary N) is 1. The van der Waals surface area contributed by atoms with Gasteiger partial charge in [0.1, 0.15) is 0 Å². The van der Waals surface area contributed by atoms with Gasteiger partial charge in [-0.1, -0.05) is 6.92 Å². The molecule has 0 fully saturated rings. The van der Waals surface area contributed by atoms with E-state index in [1.54, 1.807) is 0 Å². The molecule has 10 heavy (non-hydrogen) atoms. The predicted molar refractivity (Wildman–Crippen MR) is 46.0 cm³/mol. The van der Waals surface area contributed by atoms with Gasteiger partial charge in [-0.05, 0) is 27.2 Å². The van der Waals surface area contributed by atoms with Gasteiger partial charge >= 0.3 is 0 Å². The zero-order valence-electron chi connectivity index (χ0n) is 7.57. The monoisotopic (exact) mass is 144 g/mol. The number of hydrogen-bond acceptors (Lipinski definition) is 2. The van der Waals surface area contributed by atoms with Crippen LogP contribution < -0.4 is 11.1 Å². The molecule has 0 aliphatic carbocycles. The fourth-order valence-electron chi connectivity index (χ4n) is 0.582. The predicted octanol–water partition coefficient (Wildman–Crippen LogP) is 1.11. The first-order valence-electron chi connectivity index (χ1n) is 3.96. The Morgan fingerprint density at radius 2 is 1.90 bits per heavy atom. The van der Waals surface area contributed by atoms with E-state index in [0.29, 0.717) is 6.04 Å². The summed E-state index contributed by atoms with van der Waals surface area (Å²) in [6.07, 6.45) is 1.04. The Morgan fingerprint density at radius 1 is 1.40 bits per heavy atom. The molecular weight excluding hydrogens is 124 g/mol. The van der Waals surface area contributed by atoms with Gasteiger partial charge in [-0.2, -0.15) is 0 Å². The summed E-state index contributed by atoms with van der Waals surface area (Å²) >= 11 is 0. The zero-order valence-corrected chi connectivity index (χ0v) is 7.57. The summed E-state index contributed by atoms with van der Waals surface area (Å²) < 4.78 is 0. The van der Waals surface area contributed by atoms with Crippen molar-refractivity contribution in [3.05, 3.63) is 0 Å². The minimum atomic E-state index is 0.201. The normalized spacial score (nSPS) is 15.3. The first-order chi connectivity index (χ1) is 4.45. The molecule has 0 rings (SSSR count). The van der Waals surface area contributed by atoms with E-state index in [-0.39, 0.29) is 5.54 Å². The molecule has 62 valence electrons. The van der Waals surface area contributed by atoms with Crippen LogP contribution in [0.2, 0.25) is 0 Å². The third kappa shape index (κ3) is 6.05. The maximum Gasteiger partial charge on any atom is 0.0162 e. The second-order valence-corrected chi connectivity index (χ2v) is 3.80. The molecule has 0 aromatic rings. The molecule has 0 aliphatic heterocycles. The molecule has 0 bridgehead atoms. The molecule has 0 saturated heterocycles. The van der Waals surface area contributed by atoms with E-state index in [1.165, 1.54) is 0 Å². The van der Waals surface area contributed by atoms with Crippen molar-refractivity contribution in [3.63, 3.8) is 0 Å². The first-order valence-corrected chi connectivity index (χ1v) is 3.96. The van der Waals surface area contributed by atoms with Crippen molar-refractivity contribution in [2.24, 2.45) is 5.73 Å². The highest BCUT2D eigenvalue weighted by Gasteiger charge is 2.09. The highest BCUT2D eigenvalue weighted by atomic mass is 15.0. The van der Waals surface area contributed by atoms with Gasteiger partial charge in [0, 0.05) is 18.1 Å². The molecular formula is C8H20N2. The van der Waals surface area contributed by atoms with Crippen molar-refractivity contribution in [1.82, 2.24) is 5.32 Å². The highest BCUT2D eigenvalue weighted by molar-refractivity contribution is 4.73. The highest BCUT2D eigenvalue weighted by Crippen LogP contribution is 1.98.